The lowest BCUT2D eigenvalue weighted by Crippen LogP contribution is -2.45. The highest BCUT2D eigenvalue weighted by Crippen LogP contribution is 2.32. The molecule has 1 saturated heterocycles. The summed E-state index contributed by atoms with van der Waals surface area (Å²) in [5.74, 6) is 0. The second-order valence-corrected chi connectivity index (χ2v) is 8.08. The number of hydrogen-bond acceptors (Lipinski definition) is 2. The van der Waals surface area contributed by atoms with Gasteiger partial charge in [0.15, 0.2) is 0 Å². The Hall–Kier alpha value is -3.00. The summed E-state index contributed by atoms with van der Waals surface area (Å²) in [5.41, 5.74) is 2.06. The predicted molar refractivity (Wildman–Crippen MR) is 116 cm³/mol. The van der Waals surface area contributed by atoms with Gasteiger partial charge in [-0.2, -0.15) is 26.3 Å². The number of halogens is 6. The van der Waals surface area contributed by atoms with Crippen LogP contribution in [0.15, 0.2) is 72.8 Å². The van der Waals surface area contributed by atoms with Gasteiger partial charge in [-0.15, -0.1) is 0 Å². The molecule has 2 nitrogen and oxygen atoms in total. The van der Waals surface area contributed by atoms with Gasteiger partial charge < -0.3 is 4.90 Å². The molecule has 1 heterocycles. The molecule has 1 aliphatic rings. The second-order valence-electron chi connectivity index (χ2n) is 8.08. The van der Waals surface area contributed by atoms with Gasteiger partial charge in [0.2, 0.25) is 0 Å². The summed E-state index contributed by atoms with van der Waals surface area (Å²) in [7, 11) is 0. The highest BCUT2D eigenvalue weighted by atomic mass is 19.4. The molecule has 0 aromatic heterocycles. The number of hydrogen-bond donors (Lipinski definition) is 0. The van der Waals surface area contributed by atoms with Crippen LogP contribution in [0.1, 0.15) is 16.7 Å². The maximum Gasteiger partial charge on any atom is 0.416 e. The van der Waals surface area contributed by atoms with E-state index in [1.807, 2.05) is 24.3 Å². The molecular weight excluding hydrogens is 442 g/mol. The van der Waals surface area contributed by atoms with Crippen molar-refractivity contribution in [3.8, 4) is 11.1 Å². The van der Waals surface area contributed by atoms with E-state index < -0.39 is 23.5 Å². The molecule has 0 spiro atoms. The standard InChI is InChI=1S/C25H22F6N2/c26-24(27,28)21-6-4-19(5-7-21)20-3-1-2-18(16-20)17-32-12-14-33(15-13-32)23-10-8-22(9-11-23)25(29,30)31/h1-11,16H,12-15,17H2. The zero-order valence-electron chi connectivity index (χ0n) is 17.6. The molecule has 8 heteroatoms. The van der Waals surface area contributed by atoms with E-state index in [1.165, 1.54) is 24.3 Å². The Kier molecular flexibility index (Phi) is 6.38. The molecule has 3 aromatic carbocycles. The third-order valence-corrected chi connectivity index (χ3v) is 5.81. The number of anilines is 1. The molecule has 0 radical (unpaired) electrons. The minimum absolute atomic E-state index is 0.655. The van der Waals surface area contributed by atoms with Crippen LogP contribution in [0.2, 0.25) is 0 Å². The van der Waals surface area contributed by atoms with Crippen molar-refractivity contribution < 1.29 is 26.3 Å². The SMILES string of the molecule is FC(F)(F)c1ccc(-c2cccc(CN3CCN(c4ccc(C(F)(F)F)cc4)CC3)c2)cc1. The normalized spacial score (nSPS) is 15.6. The van der Waals surface area contributed by atoms with E-state index in [0.717, 1.165) is 59.7 Å². The Morgan fingerprint density at radius 1 is 0.606 bits per heavy atom. The van der Waals surface area contributed by atoms with E-state index in [2.05, 4.69) is 9.80 Å². The average molecular weight is 464 g/mol. The van der Waals surface area contributed by atoms with Crippen LogP contribution in [0.5, 0.6) is 0 Å². The summed E-state index contributed by atoms with van der Waals surface area (Å²) in [4.78, 5) is 4.32. The number of piperazine rings is 1. The highest BCUT2D eigenvalue weighted by molar-refractivity contribution is 5.64. The van der Waals surface area contributed by atoms with Gasteiger partial charge in [-0.1, -0.05) is 30.3 Å². The van der Waals surface area contributed by atoms with Crippen LogP contribution in [0, 0.1) is 0 Å². The Labute approximate surface area is 188 Å². The predicted octanol–water partition coefficient (Wildman–Crippen LogP) is 6.71. The first-order chi connectivity index (χ1) is 15.6. The van der Waals surface area contributed by atoms with Crippen molar-refractivity contribution in [2.45, 2.75) is 18.9 Å². The first kappa shape index (κ1) is 23.2. The lowest BCUT2D eigenvalue weighted by atomic mass is 10.0. The zero-order chi connectivity index (χ0) is 23.6. The van der Waals surface area contributed by atoms with Crippen LogP contribution < -0.4 is 4.90 Å². The Morgan fingerprint density at radius 2 is 1.15 bits per heavy atom. The molecule has 0 unspecified atom stereocenters. The van der Waals surface area contributed by atoms with Crippen molar-refractivity contribution in [2.75, 3.05) is 31.1 Å². The maximum atomic E-state index is 12.8. The van der Waals surface area contributed by atoms with Gasteiger partial charge in [-0.3, -0.25) is 4.90 Å². The third-order valence-electron chi connectivity index (χ3n) is 5.81. The van der Waals surface area contributed by atoms with Crippen molar-refractivity contribution in [3.63, 3.8) is 0 Å². The quantitative estimate of drug-likeness (QED) is 0.396. The Bertz CT molecular complexity index is 1060. The smallest absolute Gasteiger partial charge is 0.369 e. The highest BCUT2D eigenvalue weighted by Gasteiger charge is 2.31. The largest absolute Gasteiger partial charge is 0.416 e. The van der Waals surface area contributed by atoms with Gasteiger partial charge >= 0.3 is 12.4 Å². The molecule has 0 saturated carbocycles. The van der Waals surface area contributed by atoms with E-state index >= 15 is 0 Å². The molecule has 0 aliphatic carbocycles. The Morgan fingerprint density at radius 3 is 1.70 bits per heavy atom. The van der Waals surface area contributed by atoms with Crippen LogP contribution >= 0.6 is 0 Å². The summed E-state index contributed by atoms with van der Waals surface area (Å²) in [6.45, 7) is 3.60. The molecule has 3 aromatic rings. The fourth-order valence-corrected chi connectivity index (χ4v) is 3.98. The summed E-state index contributed by atoms with van der Waals surface area (Å²) in [6.07, 6.45) is -8.70. The maximum absolute atomic E-state index is 12.8. The molecule has 0 N–H and O–H groups in total. The van der Waals surface area contributed by atoms with E-state index in [1.54, 1.807) is 0 Å². The summed E-state index contributed by atoms with van der Waals surface area (Å²) < 4.78 is 76.6. The summed E-state index contributed by atoms with van der Waals surface area (Å²) >= 11 is 0. The number of rotatable bonds is 4. The average Bonchev–Trinajstić information content (AvgIpc) is 2.79. The molecule has 0 bridgehead atoms. The first-order valence-corrected chi connectivity index (χ1v) is 10.5. The van der Waals surface area contributed by atoms with E-state index in [9.17, 15) is 26.3 Å². The summed E-state index contributed by atoms with van der Waals surface area (Å²) in [5, 5.41) is 0. The second kappa shape index (κ2) is 9.09. The van der Waals surface area contributed by atoms with Crippen LogP contribution in [0.3, 0.4) is 0 Å². The summed E-state index contributed by atoms with van der Waals surface area (Å²) in [6, 6.07) is 18.1. The van der Waals surface area contributed by atoms with Crippen LogP contribution in [-0.4, -0.2) is 31.1 Å². The van der Waals surface area contributed by atoms with Crippen molar-refractivity contribution in [1.82, 2.24) is 4.90 Å². The number of nitrogens with zero attached hydrogens (tertiary/aromatic N) is 2. The lowest BCUT2D eigenvalue weighted by molar-refractivity contribution is -0.138. The molecule has 0 amide bonds. The fraction of sp³-hybridized carbons (Fsp3) is 0.280. The van der Waals surface area contributed by atoms with Crippen LogP contribution in [-0.2, 0) is 18.9 Å². The molecule has 0 atom stereocenters. The molecular formula is C25H22F6N2. The van der Waals surface area contributed by atoms with Crippen molar-refractivity contribution >= 4 is 5.69 Å². The monoisotopic (exact) mass is 464 g/mol. The molecule has 4 rings (SSSR count). The van der Waals surface area contributed by atoms with E-state index in [0.29, 0.717) is 19.6 Å². The molecule has 1 fully saturated rings. The van der Waals surface area contributed by atoms with Gasteiger partial charge in [0.05, 0.1) is 11.1 Å². The lowest BCUT2D eigenvalue weighted by Gasteiger charge is -2.36. The molecule has 174 valence electrons. The molecule has 33 heavy (non-hydrogen) atoms. The van der Waals surface area contributed by atoms with Crippen LogP contribution in [0.25, 0.3) is 11.1 Å². The fourth-order valence-electron chi connectivity index (χ4n) is 3.98. The third kappa shape index (κ3) is 5.68. The van der Waals surface area contributed by atoms with Gasteiger partial charge in [-0.05, 0) is 59.2 Å². The topological polar surface area (TPSA) is 6.48 Å². The minimum atomic E-state index is -4.36. The molecule has 1 aliphatic heterocycles. The van der Waals surface area contributed by atoms with Gasteiger partial charge in [-0.25, -0.2) is 0 Å². The van der Waals surface area contributed by atoms with Crippen molar-refractivity contribution in [1.29, 1.82) is 0 Å². The van der Waals surface area contributed by atoms with Crippen molar-refractivity contribution in [3.05, 3.63) is 89.5 Å². The number of benzene rings is 3. The van der Waals surface area contributed by atoms with E-state index in [-0.39, 0.29) is 0 Å². The van der Waals surface area contributed by atoms with Gasteiger partial charge in [0.25, 0.3) is 0 Å². The number of alkyl halides is 6. The van der Waals surface area contributed by atoms with Crippen LogP contribution in [0.4, 0.5) is 32.0 Å². The van der Waals surface area contributed by atoms with E-state index in [4.69, 9.17) is 0 Å². The Balaban J connectivity index is 1.36. The van der Waals surface area contributed by atoms with Crippen molar-refractivity contribution in [2.24, 2.45) is 0 Å². The zero-order valence-corrected chi connectivity index (χ0v) is 17.6. The van der Waals surface area contributed by atoms with Gasteiger partial charge in [0.1, 0.15) is 0 Å². The minimum Gasteiger partial charge on any atom is -0.369 e. The first-order valence-electron chi connectivity index (χ1n) is 10.5. The van der Waals surface area contributed by atoms with Gasteiger partial charge in [0, 0.05) is 38.4 Å².